The van der Waals surface area contributed by atoms with Gasteiger partial charge >= 0.3 is 6.61 Å². The third-order valence-electron chi connectivity index (χ3n) is 4.74. The van der Waals surface area contributed by atoms with Crippen molar-refractivity contribution in [2.24, 2.45) is 4.99 Å². The second-order valence-electron chi connectivity index (χ2n) is 6.47. The number of nitrogens with zero attached hydrogens (tertiary/aromatic N) is 3. The zero-order valence-electron chi connectivity index (χ0n) is 15.0. The van der Waals surface area contributed by atoms with E-state index in [9.17, 15) is 8.78 Å². The lowest BCUT2D eigenvalue weighted by atomic mass is 9.81. The molecular weight excluding hydrogens is 364 g/mol. The number of rotatable bonds is 5. The highest BCUT2D eigenvalue weighted by molar-refractivity contribution is 5.65. The summed E-state index contributed by atoms with van der Waals surface area (Å²) in [5, 5.41) is 0. The second-order valence-corrected chi connectivity index (χ2v) is 6.47. The normalized spacial score (nSPS) is 18.3. The van der Waals surface area contributed by atoms with Crippen LogP contribution < -0.4 is 4.74 Å². The molecule has 7 heteroatoms. The Hall–Kier alpha value is -3.35. The molecule has 4 rings (SSSR count). The molecule has 0 fully saturated rings. The van der Waals surface area contributed by atoms with Crippen molar-refractivity contribution in [1.82, 2.24) is 9.97 Å². The van der Waals surface area contributed by atoms with Crippen molar-refractivity contribution >= 4 is 6.40 Å². The van der Waals surface area contributed by atoms with Gasteiger partial charge in [0, 0.05) is 18.0 Å². The topological polar surface area (TPSA) is 56.6 Å². The summed E-state index contributed by atoms with van der Waals surface area (Å²) < 4.78 is 35.1. The lowest BCUT2D eigenvalue weighted by molar-refractivity contribution is -0.0498. The molecule has 1 aliphatic heterocycles. The molecule has 0 bridgehead atoms. The Balaban J connectivity index is 1.79. The summed E-state index contributed by atoms with van der Waals surface area (Å²) in [5.41, 5.74) is 3.65. The van der Waals surface area contributed by atoms with E-state index in [4.69, 9.17) is 4.74 Å². The number of halogens is 2. The molecular formula is C21H17F2N3O2. The Bertz CT molecular complexity index is 1010. The number of alkyl halides is 2. The van der Waals surface area contributed by atoms with Crippen LogP contribution >= 0.6 is 0 Å². The van der Waals surface area contributed by atoms with Gasteiger partial charge in [0.1, 0.15) is 24.2 Å². The van der Waals surface area contributed by atoms with Gasteiger partial charge in [0.05, 0.1) is 0 Å². The number of aliphatic imine (C=N–C) groups is 1. The molecule has 142 valence electrons. The van der Waals surface area contributed by atoms with E-state index in [1.807, 2.05) is 31.2 Å². The zero-order chi connectivity index (χ0) is 19.6. The molecule has 3 aromatic rings. The van der Waals surface area contributed by atoms with Gasteiger partial charge < -0.3 is 9.47 Å². The molecule has 0 N–H and O–H groups in total. The average Bonchev–Trinajstić information content (AvgIpc) is 3.19. The number of hydrogen-bond acceptors (Lipinski definition) is 5. The first-order valence-electron chi connectivity index (χ1n) is 8.66. The molecule has 1 aromatic heterocycles. The van der Waals surface area contributed by atoms with Crippen molar-refractivity contribution < 1.29 is 18.3 Å². The SMILES string of the molecule is Cc1cc(OC(F)F)ccc1C1(c2cccc(-c3cncnc3)c2)COC=N1. The van der Waals surface area contributed by atoms with Gasteiger partial charge in [-0.25, -0.2) is 15.0 Å². The summed E-state index contributed by atoms with van der Waals surface area (Å²) in [6, 6.07) is 12.8. The van der Waals surface area contributed by atoms with Gasteiger partial charge in [0.2, 0.25) is 0 Å². The van der Waals surface area contributed by atoms with Crippen molar-refractivity contribution in [2.75, 3.05) is 6.61 Å². The van der Waals surface area contributed by atoms with E-state index >= 15 is 0 Å². The molecule has 0 saturated heterocycles. The first-order chi connectivity index (χ1) is 13.6. The number of ether oxygens (including phenoxy) is 2. The largest absolute Gasteiger partial charge is 0.480 e. The van der Waals surface area contributed by atoms with Crippen LogP contribution in [-0.4, -0.2) is 29.6 Å². The summed E-state index contributed by atoms with van der Waals surface area (Å²) in [7, 11) is 0. The van der Waals surface area contributed by atoms with Crippen LogP contribution in [0.1, 0.15) is 16.7 Å². The standard InChI is InChI=1S/C21H17F2N3O2/c1-14-7-18(28-20(22)23)5-6-19(14)21(11-27-13-26-21)17-4-2-3-15(8-17)16-9-24-12-25-10-16/h2-10,12-13,20H,11H2,1H3. The van der Waals surface area contributed by atoms with E-state index in [1.54, 1.807) is 24.5 Å². The molecule has 2 aromatic carbocycles. The van der Waals surface area contributed by atoms with Crippen LogP contribution in [0.5, 0.6) is 5.75 Å². The highest BCUT2D eigenvalue weighted by Gasteiger charge is 2.39. The first kappa shape index (κ1) is 18.0. The minimum atomic E-state index is -2.86. The highest BCUT2D eigenvalue weighted by Crippen LogP contribution is 2.40. The average molecular weight is 381 g/mol. The Kier molecular flexibility index (Phi) is 4.73. The van der Waals surface area contributed by atoms with Gasteiger partial charge in [-0.1, -0.05) is 24.3 Å². The third-order valence-corrected chi connectivity index (χ3v) is 4.74. The maximum atomic E-state index is 12.5. The van der Waals surface area contributed by atoms with Gasteiger partial charge in [-0.05, 0) is 47.4 Å². The number of benzene rings is 2. The summed E-state index contributed by atoms with van der Waals surface area (Å²) in [4.78, 5) is 12.8. The van der Waals surface area contributed by atoms with E-state index in [2.05, 4.69) is 19.7 Å². The zero-order valence-corrected chi connectivity index (χ0v) is 15.0. The summed E-state index contributed by atoms with van der Waals surface area (Å²) in [6.45, 7) is -0.702. The monoisotopic (exact) mass is 381 g/mol. The maximum Gasteiger partial charge on any atom is 0.387 e. The van der Waals surface area contributed by atoms with Gasteiger partial charge in [0.15, 0.2) is 6.40 Å². The Morgan fingerprint density at radius 2 is 1.89 bits per heavy atom. The van der Waals surface area contributed by atoms with E-state index in [0.717, 1.165) is 27.8 Å². The molecule has 0 saturated carbocycles. The molecule has 1 aliphatic rings. The molecule has 0 spiro atoms. The maximum absolute atomic E-state index is 12.5. The predicted molar refractivity (Wildman–Crippen MR) is 101 cm³/mol. The number of aryl methyl sites for hydroxylation is 1. The Labute approximate surface area is 160 Å². The van der Waals surface area contributed by atoms with Crippen molar-refractivity contribution in [1.29, 1.82) is 0 Å². The summed E-state index contributed by atoms with van der Waals surface area (Å²) >= 11 is 0. The van der Waals surface area contributed by atoms with Crippen LogP contribution in [0, 0.1) is 6.92 Å². The van der Waals surface area contributed by atoms with Crippen LogP contribution in [0.3, 0.4) is 0 Å². The van der Waals surface area contributed by atoms with E-state index in [-0.39, 0.29) is 5.75 Å². The van der Waals surface area contributed by atoms with Crippen LogP contribution in [0.2, 0.25) is 0 Å². The molecule has 1 unspecified atom stereocenters. The van der Waals surface area contributed by atoms with Gasteiger partial charge in [-0.15, -0.1) is 0 Å². The van der Waals surface area contributed by atoms with Gasteiger partial charge in [-0.2, -0.15) is 8.78 Å². The number of hydrogen-bond donors (Lipinski definition) is 0. The Morgan fingerprint density at radius 1 is 1.07 bits per heavy atom. The lowest BCUT2D eigenvalue weighted by Gasteiger charge is -2.28. The first-order valence-corrected chi connectivity index (χ1v) is 8.66. The van der Waals surface area contributed by atoms with E-state index in [0.29, 0.717) is 6.61 Å². The Morgan fingerprint density at radius 3 is 2.57 bits per heavy atom. The highest BCUT2D eigenvalue weighted by atomic mass is 19.3. The molecule has 0 amide bonds. The van der Waals surface area contributed by atoms with Crippen LogP contribution in [0.25, 0.3) is 11.1 Å². The van der Waals surface area contributed by atoms with Crippen LogP contribution in [-0.2, 0) is 10.3 Å². The fraction of sp³-hybridized carbons (Fsp3) is 0.190. The smallest absolute Gasteiger partial charge is 0.387 e. The minimum Gasteiger partial charge on any atom is -0.480 e. The molecule has 28 heavy (non-hydrogen) atoms. The van der Waals surface area contributed by atoms with Crippen molar-refractivity contribution in [3.8, 4) is 16.9 Å². The molecule has 5 nitrogen and oxygen atoms in total. The second kappa shape index (κ2) is 7.34. The quantitative estimate of drug-likeness (QED) is 0.659. The fourth-order valence-electron chi connectivity index (χ4n) is 3.46. The lowest BCUT2D eigenvalue weighted by Crippen LogP contribution is -2.28. The van der Waals surface area contributed by atoms with Gasteiger partial charge in [-0.3, -0.25) is 0 Å². The van der Waals surface area contributed by atoms with Crippen LogP contribution in [0.4, 0.5) is 8.78 Å². The van der Waals surface area contributed by atoms with Gasteiger partial charge in [0.25, 0.3) is 0 Å². The molecule has 2 heterocycles. The van der Waals surface area contributed by atoms with Crippen LogP contribution in [0.15, 0.2) is 66.2 Å². The predicted octanol–water partition coefficient (Wildman–Crippen LogP) is 4.36. The minimum absolute atomic E-state index is 0.115. The fourth-order valence-corrected chi connectivity index (χ4v) is 3.46. The van der Waals surface area contributed by atoms with Crippen molar-refractivity contribution in [2.45, 2.75) is 19.1 Å². The molecule has 0 aliphatic carbocycles. The third kappa shape index (κ3) is 3.31. The molecule has 1 atom stereocenters. The summed E-state index contributed by atoms with van der Waals surface area (Å²) in [5.74, 6) is 0.115. The summed E-state index contributed by atoms with van der Waals surface area (Å²) in [6.07, 6.45) is 6.40. The van der Waals surface area contributed by atoms with E-state index in [1.165, 1.54) is 18.8 Å². The van der Waals surface area contributed by atoms with Crippen molar-refractivity contribution in [3.05, 3.63) is 77.9 Å². The van der Waals surface area contributed by atoms with Crippen molar-refractivity contribution in [3.63, 3.8) is 0 Å². The van der Waals surface area contributed by atoms with E-state index < -0.39 is 12.2 Å². The molecule has 0 radical (unpaired) electrons. The number of aromatic nitrogens is 2.